The molecule has 0 aliphatic carbocycles. The maximum absolute atomic E-state index is 14.3. The monoisotopic (exact) mass is 551 g/mol. The number of hydrogen-bond acceptors (Lipinski definition) is 6. The van der Waals surface area contributed by atoms with Crippen molar-refractivity contribution in [3.8, 4) is 10.4 Å². The van der Waals surface area contributed by atoms with Gasteiger partial charge in [-0.3, -0.25) is 14.4 Å². The van der Waals surface area contributed by atoms with Gasteiger partial charge < -0.3 is 25.3 Å². The maximum Gasteiger partial charge on any atom is 0.320 e. The first kappa shape index (κ1) is 27.3. The summed E-state index contributed by atoms with van der Waals surface area (Å²) in [6.07, 6.45) is 1.08. The number of nitrogens with zero attached hydrogens (tertiary/aromatic N) is 4. The van der Waals surface area contributed by atoms with Crippen molar-refractivity contribution in [1.29, 1.82) is 0 Å². The van der Waals surface area contributed by atoms with Crippen molar-refractivity contribution in [1.82, 2.24) is 19.6 Å². The Bertz CT molecular complexity index is 1250. The van der Waals surface area contributed by atoms with Crippen LogP contribution in [-0.4, -0.2) is 102 Å². The highest BCUT2D eigenvalue weighted by molar-refractivity contribution is 7.13. The minimum Gasteiger partial charge on any atom is -0.366 e. The molecule has 4 amide bonds. The Labute approximate surface area is 233 Å². The van der Waals surface area contributed by atoms with Gasteiger partial charge in [0.25, 0.3) is 0 Å². The summed E-state index contributed by atoms with van der Waals surface area (Å²) in [4.78, 5) is 61.8. The van der Waals surface area contributed by atoms with Crippen molar-refractivity contribution in [2.45, 2.75) is 44.7 Å². The largest absolute Gasteiger partial charge is 0.366 e. The van der Waals surface area contributed by atoms with E-state index in [2.05, 4.69) is 4.90 Å². The molecule has 3 atom stereocenters. The molecule has 3 unspecified atom stereocenters. The molecule has 0 saturated carbocycles. The Balaban J connectivity index is 1.43. The molecular formula is C29H37N5O4S. The number of nitrogens with two attached hydrogens (primary N) is 1. The van der Waals surface area contributed by atoms with Crippen LogP contribution in [0.15, 0.2) is 35.7 Å². The van der Waals surface area contributed by atoms with E-state index >= 15 is 0 Å². The number of amides is 4. The second-order valence-corrected chi connectivity index (χ2v) is 12.3. The lowest BCUT2D eigenvalue weighted by Gasteiger charge is -2.36. The van der Waals surface area contributed by atoms with E-state index in [1.54, 1.807) is 27.2 Å². The summed E-state index contributed by atoms with van der Waals surface area (Å²) in [5.74, 6) is -1.31. The number of piperazine rings is 1. The first-order valence-electron chi connectivity index (χ1n) is 13.7. The number of urea groups is 1. The average Bonchev–Trinajstić information content (AvgIpc) is 3.66. The zero-order valence-electron chi connectivity index (χ0n) is 22.8. The predicted octanol–water partition coefficient (Wildman–Crippen LogP) is 2.87. The molecule has 1 aromatic heterocycles. The van der Waals surface area contributed by atoms with E-state index in [1.807, 2.05) is 55.4 Å². The van der Waals surface area contributed by atoms with Crippen molar-refractivity contribution in [2.24, 2.45) is 11.7 Å². The van der Waals surface area contributed by atoms with Crippen molar-refractivity contribution < 1.29 is 19.2 Å². The third-order valence-electron chi connectivity index (χ3n) is 8.23. The molecule has 10 heteroatoms. The quantitative estimate of drug-likeness (QED) is 0.594. The van der Waals surface area contributed by atoms with Crippen LogP contribution in [0.2, 0.25) is 0 Å². The smallest absolute Gasteiger partial charge is 0.320 e. The highest BCUT2D eigenvalue weighted by Gasteiger charge is 2.53. The highest BCUT2D eigenvalue weighted by Crippen LogP contribution is 2.38. The van der Waals surface area contributed by atoms with Gasteiger partial charge in [-0.2, -0.15) is 0 Å². The maximum atomic E-state index is 14.3. The van der Waals surface area contributed by atoms with Crippen molar-refractivity contribution in [3.05, 3.63) is 46.8 Å². The Morgan fingerprint density at radius 1 is 1.05 bits per heavy atom. The molecule has 3 aliphatic heterocycles. The summed E-state index contributed by atoms with van der Waals surface area (Å²) < 4.78 is 0. The van der Waals surface area contributed by atoms with Crippen LogP contribution in [0.3, 0.4) is 0 Å². The molecule has 0 bridgehead atoms. The molecule has 1 aromatic carbocycles. The summed E-state index contributed by atoms with van der Waals surface area (Å²) in [6.45, 7) is 7.37. The zero-order chi connectivity index (χ0) is 27.8. The van der Waals surface area contributed by atoms with E-state index in [-0.39, 0.29) is 36.2 Å². The first-order chi connectivity index (χ1) is 18.7. The van der Waals surface area contributed by atoms with E-state index in [0.717, 1.165) is 23.5 Å². The van der Waals surface area contributed by atoms with E-state index in [4.69, 9.17) is 5.73 Å². The Hall–Kier alpha value is -3.24. The lowest BCUT2D eigenvalue weighted by molar-refractivity contribution is -0.138. The van der Waals surface area contributed by atoms with Crippen molar-refractivity contribution >= 4 is 35.0 Å². The van der Waals surface area contributed by atoms with Gasteiger partial charge in [-0.25, -0.2) is 4.79 Å². The fourth-order valence-electron chi connectivity index (χ4n) is 6.21. The number of fused-ring (bicyclic) bond motifs is 1. The number of likely N-dealkylation sites (N-methyl/N-ethyl adjacent to an activating group) is 1. The van der Waals surface area contributed by atoms with Crippen LogP contribution in [0.4, 0.5) is 4.79 Å². The van der Waals surface area contributed by atoms with Gasteiger partial charge >= 0.3 is 6.03 Å². The van der Waals surface area contributed by atoms with Gasteiger partial charge in [0, 0.05) is 43.2 Å². The van der Waals surface area contributed by atoms with Crippen molar-refractivity contribution in [3.63, 3.8) is 0 Å². The average molecular weight is 552 g/mol. The molecule has 0 radical (unpaired) electrons. The number of rotatable bonds is 6. The van der Waals surface area contributed by atoms with Crippen LogP contribution in [0.25, 0.3) is 10.4 Å². The summed E-state index contributed by atoms with van der Waals surface area (Å²) >= 11 is 1.59. The fourth-order valence-corrected chi connectivity index (χ4v) is 6.93. The molecule has 2 N–H and O–H groups in total. The Morgan fingerprint density at radius 3 is 2.44 bits per heavy atom. The molecule has 39 heavy (non-hydrogen) atoms. The third-order valence-corrected chi connectivity index (χ3v) is 9.15. The normalized spacial score (nSPS) is 22.5. The minimum atomic E-state index is -0.652. The molecule has 208 valence electrons. The summed E-state index contributed by atoms with van der Waals surface area (Å²) in [5, 5.41) is 1.99. The molecule has 9 nitrogen and oxygen atoms in total. The fraction of sp³-hybridized carbons (Fsp3) is 0.517. The summed E-state index contributed by atoms with van der Waals surface area (Å²) in [7, 11) is 2.03. The molecule has 5 rings (SSSR count). The lowest BCUT2D eigenvalue weighted by atomic mass is 9.84. The van der Waals surface area contributed by atoms with Crippen molar-refractivity contribution in [2.75, 3.05) is 46.3 Å². The molecule has 3 fully saturated rings. The highest BCUT2D eigenvalue weighted by atomic mass is 32.1. The Morgan fingerprint density at radius 2 is 1.79 bits per heavy atom. The van der Waals surface area contributed by atoms with Crippen LogP contribution in [-0.2, 0) is 9.59 Å². The number of likely N-dealkylation sites (tertiary alicyclic amines) is 2. The Kier molecular flexibility index (Phi) is 7.77. The number of carbonyl (C=O) groups is 4. The van der Waals surface area contributed by atoms with E-state index < -0.39 is 17.9 Å². The number of primary amides is 1. The number of ketones is 1. The van der Waals surface area contributed by atoms with Crippen LogP contribution >= 0.6 is 11.3 Å². The predicted molar refractivity (Wildman–Crippen MR) is 151 cm³/mol. The lowest BCUT2D eigenvalue weighted by Crippen LogP contribution is -2.53. The molecule has 4 heterocycles. The van der Waals surface area contributed by atoms with Gasteiger partial charge in [-0.1, -0.05) is 26.0 Å². The molecule has 3 aliphatic rings. The van der Waals surface area contributed by atoms with Gasteiger partial charge in [-0.05, 0) is 60.5 Å². The number of Topliss-reactive ketones (excluding diaryl/α,β-unsaturated/α-hetero) is 1. The molecule has 3 saturated heterocycles. The number of thiophene rings is 1. The summed E-state index contributed by atoms with van der Waals surface area (Å²) in [5.41, 5.74) is 7.63. The molecule has 0 spiro atoms. The summed E-state index contributed by atoms with van der Waals surface area (Å²) in [6, 6.07) is 8.35. The van der Waals surface area contributed by atoms with Crippen LogP contribution in [0, 0.1) is 5.92 Å². The van der Waals surface area contributed by atoms with E-state index in [1.165, 1.54) is 0 Å². The van der Waals surface area contributed by atoms with Crippen LogP contribution in [0.1, 0.15) is 48.5 Å². The third kappa shape index (κ3) is 5.32. The first-order valence-corrected chi connectivity index (χ1v) is 14.6. The topological polar surface area (TPSA) is 107 Å². The van der Waals surface area contributed by atoms with Gasteiger partial charge in [0.15, 0.2) is 5.78 Å². The van der Waals surface area contributed by atoms with Gasteiger partial charge in [0.1, 0.15) is 6.04 Å². The SMILES string of the molecule is CC(C)CC(C(=O)N1CCC2C1C(=O)CN2C(=O)N1CCN(C)CC1)c1cc(-c2cccs2)ccc1C(N)=O. The van der Waals surface area contributed by atoms with Gasteiger partial charge in [-0.15, -0.1) is 11.3 Å². The van der Waals surface area contributed by atoms with Crippen LogP contribution in [0.5, 0.6) is 0 Å². The number of benzene rings is 1. The molecular weight excluding hydrogens is 514 g/mol. The number of carbonyl (C=O) groups excluding carboxylic acids is 4. The van der Waals surface area contributed by atoms with Crippen LogP contribution < -0.4 is 5.73 Å². The van der Waals surface area contributed by atoms with Gasteiger partial charge in [0.2, 0.25) is 11.8 Å². The second kappa shape index (κ2) is 11.1. The second-order valence-electron chi connectivity index (χ2n) is 11.3. The van der Waals surface area contributed by atoms with Gasteiger partial charge in [0.05, 0.1) is 18.5 Å². The van der Waals surface area contributed by atoms with E-state index in [9.17, 15) is 19.2 Å². The number of hydrogen-bond donors (Lipinski definition) is 1. The zero-order valence-corrected chi connectivity index (χ0v) is 23.7. The molecule has 2 aromatic rings. The van der Waals surface area contributed by atoms with E-state index in [0.29, 0.717) is 43.6 Å². The minimum absolute atomic E-state index is 0.0273. The standard InChI is InChI=1S/C29H37N5O4S/c1-18(2)15-22(21-16-19(25-5-4-14-39-25)6-7-20(21)27(30)36)28(37)33-9-8-23-26(33)24(35)17-34(23)29(38)32-12-10-31(3)11-13-32/h4-7,14,16,18,22-23,26H,8-13,15,17H2,1-3H3,(H2,30,36).